The average molecular weight is 261 g/mol. The Balaban J connectivity index is 2.94. The van der Waals surface area contributed by atoms with Crippen LogP contribution in [0, 0.1) is 6.92 Å². The van der Waals surface area contributed by atoms with Gasteiger partial charge < -0.3 is 18.9 Å². The lowest BCUT2D eigenvalue weighted by Gasteiger charge is -2.14. The second-order valence-electron chi connectivity index (χ2n) is 3.45. The van der Waals surface area contributed by atoms with Crippen LogP contribution < -0.4 is 9.47 Å². The third-order valence-electron chi connectivity index (χ3n) is 2.19. The molecule has 17 heavy (non-hydrogen) atoms. The summed E-state index contributed by atoms with van der Waals surface area (Å²) in [6, 6.07) is 3.75. The van der Waals surface area contributed by atoms with E-state index in [-0.39, 0.29) is 13.6 Å². The summed E-state index contributed by atoms with van der Waals surface area (Å²) < 4.78 is 20.6. The monoisotopic (exact) mass is 260 g/mol. The van der Waals surface area contributed by atoms with Crippen molar-refractivity contribution in [3.05, 3.63) is 23.3 Å². The van der Waals surface area contributed by atoms with Gasteiger partial charge in [0, 0.05) is 25.7 Å². The van der Waals surface area contributed by atoms with E-state index in [0.717, 1.165) is 11.1 Å². The minimum atomic E-state index is 0.191. The van der Waals surface area contributed by atoms with Crippen LogP contribution in [-0.2, 0) is 15.4 Å². The van der Waals surface area contributed by atoms with Gasteiger partial charge in [-0.15, -0.1) is 11.6 Å². The first kappa shape index (κ1) is 14.1. The Bertz CT molecular complexity index is 325. The van der Waals surface area contributed by atoms with Crippen molar-refractivity contribution >= 4 is 11.6 Å². The van der Waals surface area contributed by atoms with Crippen molar-refractivity contribution in [2.75, 3.05) is 27.8 Å². The fourth-order valence-electron chi connectivity index (χ4n) is 1.34. The Hall–Kier alpha value is -0.970. The molecule has 1 rings (SSSR count). The van der Waals surface area contributed by atoms with E-state index in [4.69, 9.17) is 30.5 Å². The molecule has 0 N–H and O–H groups in total. The van der Waals surface area contributed by atoms with Gasteiger partial charge in [0.05, 0.1) is 0 Å². The minimum Gasteiger partial charge on any atom is -0.467 e. The lowest BCUT2D eigenvalue weighted by Crippen LogP contribution is -2.05. The Labute approximate surface area is 106 Å². The molecule has 0 unspecified atom stereocenters. The molecule has 0 aromatic heterocycles. The summed E-state index contributed by atoms with van der Waals surface area (Å²) in [6.45, 7) is 2.29. The Morgan fingerprint density at radius 1 is 1.00 bits per heavy atom. The summed E-state index contributed by atoms with van der Waals surface area (Å²) in [5, 5.41) is 0. The lowest BCUT2D eigenvalue weighted by atomic mass is 10.1. The highest BCUT2D eigenvalue weighted by Crippen LogP contribution is 2.30. The zero-order chi connectivity index (χ0) is 12.7. The summed E-state index contributed by atoms with van der Waals surface area (Å²) in [7, 11) is 3.14. The molecule has 4 nitrogen and oxygen atoms in total. The van der Waals surface area contributed by atoms with Gasteiger partial charge in [0.15, 0.2) is 13.6 Å². The number of halogens is 1. The van der Waals surface area contributed by atoms with Gasteiger partial charge in [-0.1, -0.05) is 0 Å². The van der Waals surface area contributed by atoms with Crippen molar-refractivity contribution in [1.82, 2.24) is 0 Å². The SMILES string of the molecule is COCOc1cc(CCl)cc(OCOC)c1C. The Kier molecular flexibility index (Phi) is 6.11. The maximum atomic E-state index is 5.82. The number of hydrogen-bond acceptors (Lipinski definition) is 4. The summed E-state index contributed by atoms with van der Waals surface area (Å²) in [5.41, 5.74) is 1.82. The molecule has 0 heterocycles. The summed E-state index contributed by atoms with van der Waals surface area (Å²) in [6.07, 6.45) is 0. The fourth-order valence-corrected chi connectivity index (χ4v) is 1.49. The molecule has 0 aliphatic rings. The van der Waals surface area contributed by atoms with E-state index in [1.807, 2.05) is 19.1 Å². The van der Waals surface area contributed by atoms with E-state index in [0.29, 0.717) is 17.4 Å². The van der Waals surface area contributed by atoms with E-state index in [1.165, 1.54) is 0 Å². The molecular formula is C12H17ClO4. The van der Waals surface area contributed by atoms with Crippen LogP contribution in [0.4, 0.5) is 0 Å². The number of rotatable bonds is 7. The van der Waals surface area contributed by atoms with Gasteiger partial charge in [0.25, 0.3) is 0 Å². The topological polar surface area (TPSA) is 36.9 Å². The van der Waals surface area contributed by atoms with Crippen molar-refractivity contribution in [3.63, 3.8) is 0 Å². The zero-order valence-electron chi connectivity index (χ0n) is 10.3. The normalized spacial score (nSPS) is 10.4. The summed E-state index contributed by atoms with van der Waals surface area (Å²) >= 11 is 5.82. The van der Waals surface area contributed by atoms with Gasteiger partial charge in [-0.25, -0.2) is 0 Å². The van der Waals surface area contributed by atoms with E-state index in [9.17, 15) is 0 Å². The predicted molar refractivity (Wildman–Crippen MR) is 65.7 cm³/mol. The van der Waals surface area contributed by atoms with Gasteiger partial charge in [0.1, 0.15) is 11.5 Å². The van der Waals surface area contributed by atoms with E-state index in [1.54, 1.807) is 14.2 Å². The van der Waals surface area contributed by atoms with Crippen LogP contribution in [0.25, 0.3) is 0 Å². The number of alkyl halides is 1. The maximum absolute atomic E-state index is 5.82. The first-order chi connectivity index (χ1) is 8.22. The van der Waals surface area contributed by atoms with E-state index in [2.05, 4.69) is 0 Å². The number of benzene rings is 1. The quantitative estimate of drug-likeness (QED) is 0.558. The van der Waals surface area contributed by atoms with Crippen molar-refractivity contribution < 1.29 is 18.9 Å². The predicted octanol–water partition coefficient (Wildman–Crippen LogP) is 2.70. The highest BCUT2D eigenvalue weighted by atomic mass is 35.5. The molecule has 0 aliphatic heterocycles. The van der Waals surface area contributed by atoms with Crippen LogP contribution in [0.3, 0.4) is 0 Å². The molecule has 1 aromatic rings. The Morgan fingerprint density at radius 2 is 1.47 bits per heavy atom. The molecule has 96 valence electrons. The van der Waals surface area contributed by atoms with Crippen LogP contribution in [0.15, 0.2) is 12.1 Å². The molecule has 0 atom stereocenters. The fraction of sp³-hybridized carbons (Fsp3) is 0.500. The zero-order valence-corrected chi connectivity index (χ0v) is 11.0. The molecule has 0 bridgehead atoms. The Morgan fingerprint density at radius 3 is 1.82 bits per heavy atom. The van der Waals surface area contributed by atoms with Crippen molar-refractivity contribution in [2.24, 2.45) is 0 Å². The lowest BCUT2D eigenvalue weighted by molar-refractivity contribution is 0.0450. The van der Waals surface area contributed by atoms with Crippen LogP contribution in [-0.4, -0.2) is 27.8 Å². The van der Waals surface area contributed by atoms with Crippen LogP contribution >= 0.6 is 11.6 Å². The van der Waals surface area contributed by atoms with Crippen LogP contribution in [0.5, 0.6) is 11.5 Å². The highest BCUT2D eigenvalue weighted by Gasteiger charge is 2.09. The van der Waals surface area contributed by atoms with Crippen LogP contribution in [0.2, 0.25) is 0 Å². The average Bonchev–Trinajstić information content (AvgIpc) is 2.36. The van der Waals surface area contributed by atoms with Gasteiger partial charge >= 0.3 is 0 Å². The standard InChI is InChI=1S/C12H17ClO4/c1-9-11(16-7-14-2)4-10(6-13)5-12(9)17-8-15-3/h4-5H,6-8H2,1-3H3. The third kappa shape index (κ3) is 4.07. The maximum Gasteiger partial charge on any atom is 0.188 e. The second-order valence-corrected chi connectivity index (χ2v) is 3.72. The summed E-state index contributed by atoms with van der Waals surface area (Å²) in [4.78, 5) is 0. The molecule has 1 aromatic carbocycles. The van der Waals surface area contributed by atoms with Gasteiger partial charge in [-0.2, -0.15) is 0 Å². The summed E-state index contributed by atoms with van der Waals surface area (Å²) in [5.74, 6) is 1.81. The van der Waals surface area contributed by atoms with Crippen molar-refractivity contribution in [2.45, 2.75) is 12.8 Å². The third-order valence-corrected chi connectivity index (χ3v) is 2.50. The molecular weight excluding hydrogens is 244 g/mol. The number of ether oxygens (including phenoxy) is 4. The number of hydrogen-bond donors (Lipinski definition) is 0. The highest BCUT2D eigenvalue weighted by molar-refractivity contribution is 6.17. The molecule has 0 spiro atoms. The van der Waals surface area contributed by atoms with Crippen molar-refractivity contribution in [1.29, 1.82) is 0 Å². The van der Waals surface area contributed by atoms with Gasteiger partial charge in [0.2, 0.25) is 0 Å². The molecule has 5 heteroatoms. The van der Waals surface area contributed by atoms with Gasteiger partial charge in [-0.3, -0.25) is 0 Å². The second kappa shape index (κ2) is 7.37. The van der Waals surface area contributed by atoms with E-state index < -0.39 is 0 Å². The molecule has 0 fully saturated rings. The van der Waals surface area contributed by atoms with Crippen LogP contribution in [0.1, 0.15) is 11.1 Å². The molecule has 0 saturated carbocycles. The minimum absolute atomic E-state index is 0.191. The molecule has 0 radical (unpaired) electrons. The molecule has 0 saturated heterocycles. The first-order valence-electron chi connectivity index (χ1n) is 5.15. The van der Waals surface area contributed by atoms with E-state index >= 15 is 0 Å². The number of methoxy groups -OCH3 is 2. The molecule has 0 aliphatic carbocycles. The van der Waals surface area contributed by atoms with Crippen molar-refractivity contribution in [3.8, 4) is 11.5 Å². The first-order valence-corrected chi connectivity index (χ1v) is 5.69. The largest absolute Gasteiger partial charge is 0.467 e. The molecule has 0 amide bonds. The van der Waals surface area contributed by atoms with Gasteiger partial charge in [-0.05, 0) is 24.6 Å². The smallest absolute Gasteiger partial charge is 0.188 e.